The zero-order chi connectivity index (χ0) is 13.0. The molecule has 0 aliphatic rings. The number of carbonyl (C=O) groups is 1. The van der Waals surface area contributed by atoms with E-state index in [4.69, 9.17) is 5.11 Å². The van der Waals surface area contributed by atoms with Crippen LogP contribution in [0.25, 0.3) is 0 Å². The first kappa shape index (κ1) is 13.1. The first-order valence-electron chi connectivity index (χ1n) is 4.70. The number of benzene rings is 1. The normalized spacial score (nSPS) is 11.4. The minimum absolute atomic E-state index is 0.000125. The van der Waals surface area contributed by atoms with E-state index >= 15 is 0 Å². The fourth-order valence-electron chi connectivity index (χ4n) is 1.06. The van der Waals surface area contributed by atoms with E-state index in [1.165, 1.54) is 13.0 Å². The molecular weight excluding hydrogens is 235 g/mol. The van der Waals surface area contributed by atoms with Crippen LogP contribution in [-0.2, 0) is 4.79 Å². The Balaban J connectivity index is 2.74. The summed E-state index contributed by atoms with van der Waals surface area (Å²) in [7, 11) is 0. The van der Waals surface area contributed by atoms with Crippen molar-refractivity contribution in [2.75, 3.05) is 11.9 Å². The molecule has 6 heteroatoms. The fourth-order valence-corrected chi connectivity index (χ4v) is 1.06. The van der Waals surface area contributed by atoms with Crippen LogP contribution in [0.4, 0.5) is 18.9 Å². The van der Waals surface area contributed by atoms with Crippen LogP contribution >= 0.6 is 0 Å². The highest BCUT2D eigenvalue weighted by Crippen LogP contribution is 2.18. The molecule has 92 valence electrons. The van der Waals surface area contributed by atoms with E-state index in [1.807, 2.05) is 0 Å². The molecule has 0 aliphatic heterocycles. The molecule has 0 saturated heterocycles. The standard InChI is InChI=1S/C11H10F3NO2/c1-6(11(16)17)2-3-15-10-5-8(13)7(12)4-9(10)14/h2,4-5,15H,3H2,1H3,(H,16,17)/b6-2-. The van der Waals surface area contributed by atoms with Gasteiger partial charge in [-0.05, 0) is 6.92 Å². The number of hydrogen-bond acceptors (Lipinski definition) is 2. The predicted molar refractivity (Wildman–Crippen MR) is 56.2 cm³/mol. The van der Waals surface area contributed by atoms with Crippen molar-refractivity contribution in [3.8, 4) is 0 Å². The van der Waals surface area contributed by atoms with E-state index in [-0.39, 0.29) is 17.8 Å². The van der Waals surface area contributed by atoms with E-state index in [0.717, 1.165) is 0 Å². The van der Waals surface area contributed by atoms with Crippen LogP contribution in [0.2, 0.25) is 0 Å². The van der Waals surface area contributed by atoms with Crippen LogP contribution < -0.4 is 5.32 Å². The van der Waals surface area contributed by atoms with E-state index in [0.29, 0.717) is 12.1 Å². The third kappa shape index (κ3) is 3.51. The van der Waals surface area contributed by atoms with Gasteiger partial charge in [0.25, 0.3) is 0 Å². The van der Waals surface area contributed by atoms with Gasteiger partial charge in [0.15, 0.2) is 11.6 Å². The molecule has 1 aromatic carbocycles. The zero-order valence-electron chi connectivity index (χ0n) is 8.93. The second-order valence-corrected chi connectivity index (χ2v) is 3.32. The van der Waals surface area contributed by atoms with Crippen molar-refractivity contribution < 1.29 is 23.1 Å². The van der Waals surface area contributed by atoms with E-state index < -0.39 is 23.4 Å². The highest BCUT2D eigenvalue weighted by atomic mass is 19.2. The maximum atomic E-state index is 13.1. The Hall–Kier alpha value is -1.98. The van der Waals surface area contributed by atoms with Gasteiger partial charge in [0.1, 0.15) is 5.82 Å². The molecule has 0 unspecified atom stereocenters. The monoisotopic (exact) mass is 245 g/mol. The van der Waals surface area contributed by atoms with E-state index in [1.54, 1.807) is 0 Å². The summed E-state index contributed by atoms with van der Waals surface area (Å²) in [6, 6.07) is 1.10. The first-order valence-corrected chi connectivity index (χ1v) is 4.70. The Morgan fingerprint density at radius 3 is 2.47 bits per heavy atom. The average molecular weight is 245 g/mol. The van der Waals surface area contributed by atoms with Gasteiger partial charge in [-0.15, -0.1) is 0 Å². The van der Waals surface area contributed by atoms with Crippen LogP contribution in [0.3, 0.4) is 0 Å². The van der Waals surface area contributed by atoms with Crippen LogP contribution in [0, 0.1) is 17.5 Å². The molecule has 0 bridgehead atoms. The number of hydrogen-bond donors (Lipinski definition) is 2. The summed E-state index contributed by atoms with van der Waals surface area (Å²) >= 11 is 0. The van der Waals surface area contributed by atoms with Gasteiger partial charge in [-0.1, -0.05) is 6.08 Å². The van der Waals surface area contributed by atoms with Gasteiger partial charge in [-0.25, -0.2) is 18.0 Å². The lowest BCUT2D eigenvalue weighted by Gasteiger charge is -2.05. The summed E-state index contributed by atoms with van der Waals surface area (Å²) in [5.41, 5.74) is -0.154. The summed E-state index contributed by atoms with van der Waals surface area (Å²) in [6.07, 6.45) is 1.29. The minimum Gasteiger partial charge on any atom is -0.478 e. The highest BCUT2D eigenvalue weighted by Gasteiger charge is 2.08. The van der Waals surface area contributed by atoms with Gasteiger partial charge in [-0.3, -0.25) is 0 Å². The first-order chi connectivity index (χ1) is 7.91. The maximum Gasteiger partial charge on any atom is 0.331 e. The van der Waals surface area contributed by atoms with Gasteiger partial charge in [0.2, 0.25) is 0 Å². The van der Waals surface area contributed by atoms with Crippen LogP contribution in [0.15, 0.2) is 23.8 Å². The van der Waals surface area contributed by atoms with Crippen molar-refractivity contribution in [3.63, 3.8) is 0 Å². The number of rotatable bonds is 4. The molecule has 0 heterocycles. The van der Waals surface area contributed by atoms with Gasteiger partial charge in [0, 0.05) is 24.3 Å². The summed E-state index contributed by atoms with van der Waals surface area (Å²) in [5.74, 6) is -4.49. The molecule has 0 aromatic heterocycles. The number of aliphatic carboxylic acids is 1. The van der Waals surface area contributed by atoms with Gasteiger partial charge < -0.3 is 10.4 Å². The molecular formula is C11H10F3NO2. The molecule has 0 aliphatic carbocycles. The average Bonchev–Trinajstić information content (AvgIpc) is 2.25. The topological polar surface area (TPSA) is 49.3 Å². The van der Waals surface area contributed by atoms with Crippen molar-refractivity contribution in [2.45, 2.75) is 6.92 Å². The Morgan fingerprint density at radius 2 is 1.88 bits per heavy atom. The highest BCUT2D eigenvalue weighted by molar-refractivity contribution is 5.85. The van der Waals surface area contributed by atoms with Crippen molar-refractivity contribution in [1.82, 2.24) is 0 Å². The van der Waals surface area contributed by atoms with Gasteiger partial charge in [-0.2, -0.15) is 0 Å². The fraction of sp³-hybridized carbons (Fsp3) is 0.182. The van der Waals surface area contributed by atoms with Crippen molar-refractivity contribution >= 4 is 11.7 Å². The predicted octanol–water partition coefficient (Wildman–Crippen LogP) is 2.55. The SMILES string of the molecule is C/C(=C/CNc1cc(F)c(F)cc1F)C(=O)O. The summed E-state index contributed by atoms with van der Waals surface area (Å²) < 4.78 is 38.5. The van der Waals surface area contributed by atoms with E-state index in [2.05, 4.69) is 5.32 Å². The Labute approximate surface area is 95.6 Å². The number of anilines is 1. The number of carboxylic acid groups (broad SMARTS) is 1. The molecule has 0 radical (unpaired) electrons. The van der Waals surface area contributed by atoms with E-state index in [9.17, 15) is 18.0 Å². The molecule has 0 atom stereocenters. The van der Waals surface area contributed by atoms with Crippen molar-refractivity contribution in [2.24, 2.45) is 0 Å². The molecule has 0 amide bonds. The smallest absolute Gasteiger partial charge is 0.331 e. The quantitative estimate of drug-likeness (QED) is 0.633. The lowest BCUT2D eigenvalue weighted by Crippen LogP contribution is -2.05. The largest absolute Gasteiger partial charge is 0.478 e. The Morgan fingerprint density at radius 1 is 1.29 bits per heavy atom. The number of nitrogens with one attached hydrogen (secondary N) is 1. The second kappa shape index (κ2) is 5.38. The second-order valence-electron chi connectivity index (χ2n) is 3.32. The lowest BCUT2D eigenvalue weighted by molar-refractivity contribution is -0.132. The van der Waals surface area contributed by atoms with Gasteiger partial charge >= 0.3 is 5.97 Å². The van der Waals surface area contributed by atoms with Crippen LogP contribution in [0.5, 0.6) is 0 Å². The molecule has 17 heavy (non-hydrogen) atoms. The lowest BCUT2D eigenvalue weighted by atomic mass is 10.2. The maximum absolute atomic E-state index is 13.1. The third-order valence-electron chi connectivity index (χ3n) is 2.05. The van der Waals surface area contributed by atoms with Crippen LogP contribution in [0.1, 0.15) is 6.92 Å². The number of halogens is 3. The molecule has 1 rings (SSSR count). The minimum atomic E-state index is -1.27. The van der Waals surface area contributed by atoms with Crippen molar-refractivity contribution in [1.29, 1.82) is 0 Å². The third-order valence-corrected chi connectivity index (χ3v) is 2.05. The molecule has 0 fully saturated rings. The Bertz CT molecular complexity index is 472. The van der Waals surface area contributed by atoms with Crippen molar-refractivity contribution in [3.05, 3.63) is 41.2 Å². The summed E-state index contributed by atoms with van der Waals surface area (Å²) in [4.78, 5) is 10.4. The molecule has 0 spiro atoms. The van der Waals surface area contributed by atoms with Gasteiger partial charge in [0.05, 0.1) is 5.69 Å². The molecule has 2 N–H and O–H groups in total. The zero-order valence-corrected chi connectivity index (χ0v) is 8.93. The Kier molecular flexibility index (Phi) is 4.14. The van der Waals surface area contributed by atoms with Crippen LogP contribution in [-0.4, -0.2) is 17.6 Å². The number of carboxylic acids is 1. The molecule has 0 saturated carbocycles. The summed E-state index contributed by atoms with van der Waals surface area (Å²) in [5, 5.41) is 11.0. The summed E-state index contributed by atoms with van der Waals surface area (Å²) in [6.45, 7) is 1.37. The molecule has 3 nitrogen and oxygen atoms in total. The molecule has 1 aromatic rings.